The molecular formula is C13H18O2S2. The maximum Gasteiger partial charge on any atom is 0.119 e. The second kappa shape index (κ2) is 6.87. The van der Waals surface area contributed by atoms with Crippen LogP contribution in [0, 0.1) is 0 Å². The Morgan fingerprint density at radius 1 is 1.35 bits per heavy atom. The number of hydrogen-bond donors (Lipinski definition) is 0. The highest BCUT2D eigenvalue weighted by Gasteiger charge is 2.01. The highest BCUT2D eigenvalue weighted by molar-refractivity contribution is 8.16. The van der Waals surface area contributed by atoms with Gasteiger partial charge in [-0.3, -0.25) is 4.21 Å². The zero-order valence-electron chi connectivity index (χ0n) is 10.6. The van der Waals surface area contributed by atoms with Gasteiger partial charge in [-0.25, -0.2) is 0 Å². The number of hydrogen-bond acceptors (Lipinski definition) is 3. The van der Waals surface area contributed by atoms with Crippen molar-refractivity contribution in [3.63, 3.8) is 0 Å². The zero-order valence-corrected chi connectivity index (χ0v) is 12.2. The predicted octanol–water partition coefficient (Wildman–Crippen LogP) is 3.51. The fourth-order valence-corrected chi connectivity index (χ4v) is 2.80. The van der Waals surface area contributed by atoms with Gasteiger partial charge < -0.3 is 4.74 Å². The van der Waals surface area contributed by atoms with Gasteiger partial charge in [0.05, 0.1) is 21.1 Å². The topological polar surface area (TPSA) is 26.3 Å². The number of thioether (sulfide) groups is 1. The summed E-state index contributed by atoms with van der Waals surface area (Å²) in [6.45, 7) is 4.00. The standard InChI is InChI=1S/C13H18O2S2/c1-10(2)15-12-7-5-11(6-8-12)9-13(16-3)17(4)14/h5-10H,1-4H3. The van der Waals surface area contributed by atoms with E-state index in [1.165, 1.54) is 11.8 Å². The Labute approximate surface area is 110 Å². The number of benzene rings is 1. The normalized spacial score (nSPS) is 13.8. The number of ether oxygens (including phenoxy) is 1. The van der Waals surface area contributed by atoms with Crippen LogP contribution >= 0.6 is 11.8 Å². The van der Waals surface area contributed by atoms with Crippen LogP contribution in [0.2, 0.25) is 0 Å². The molecule has 94 valence electrons. The molecule has 1 rings (SSSR count). The molecule has 1 aromatic carbocycles. The van der Waals surface area contributed by atoms with Crippen LogP contribution in [0.1, 0.15) is 19.4 Å². The zero-order chi connectivity index (χ0) is 12.8. The first-order chi connectivity index (χ1) is 8.02. The third-order valence-electron chi connectivity index (χ3n) is 2.02. The van der Waals surface area contributed by atoms with Crippen molar-refractivity contribution in [3.05, 3.63) is 34.1 Å². The monoisotopic (exact) mass is 270 g/mol. The fourth-order valence-electron chi connectivity index (χ4n) is 1.31. The molecule has 0 radical (unpaired) electrons. The van der Waals surface area contributed by atoms with Gasteiger partial charge in [0.2, 0.25) is 0 Å². The summed E-state index contributed by atoms with van der Waals surface area (Å²) in [6.07, 6.45) is 5.75. The molecule has 0 aliphatic rings. The Balaban J connectivity index is 2.84. The molecule has 0 fully saturated rings. The molecule has 0 aliphatic heterocycles. The Bertz CT molecular complexity index is 408. The highest BCUT2D eigenvalue weighted by Crippen LogP contribution is 2.21. The first kappa shape index (κ1) is 14.3. The average molecular weight is 270 g/mol. The smallest absolute Gasteiger partial charge is 0.119 e. The summed E-state index contributed by atoms with van der Waals surface area (Å²) in [5, 5.41) is 0. The van der Waals surface area contributed by atoms with Gasteiger partial charge in [0.1, 0.15) is 5.75 Å². The van der Waals surface area contributed by atoms with Crippen LogP contribution in [0.3, 0.4) is 0 Å². The minimum atomic E-state index is -0.926. The van der Waals surface area contributed by atoms with E-state index in [1.807, 2.05) is 50.4 Å². The fraction of sp³-hybridized carbons (Fsp3) is 0.385. The molecule has 1 aromatic rings. The summed E-state index contributed by atoms with van der Waals surface area (Å²) in [7, 11) is -0.926. The Kier molecular flexibility index (Phi) is 5.78. The summed E-state index contributed by atoms with van der Waals surface area (Å²) in [6, 6.07) is 7.81. The molecule has 0 aliphatic carbocycles. The molecule has 0 saturated carbocycles. The largest absolute Gasteiger partial charge is 0.491 e. The van der Waals surface area contributed by atoms with Crippen molar-refractivity contribution in [2.24, 2.45) is 0 Å². The van der Waals surface area contributed by atoms with Crippen LogP contribution in [-0.2, 0) is 10.8 Å². The quantitative estimate of drug-likeness (QED) is 0.819. The molecule has 0 heterocycles. The summed E-state index contributed by atoms with van der Waals surface area (Å²) >= 11 is 1.52. The van der Waals surface area contributed by atoms with E-state index in [9.17, 15) is 4.21 Å². The predicted molar refractivity (Wildman–Crippen MR) is 77.8 cm³/mol. The third-order valence-corrected chi connectivity index (χ3v) is 4.43. The van der Waals surface area contributed by atoms with Gasteiger partial charge in [-0.05, 0) is 43.9 Å². The molecule has 1 unspecified atom stereocenters. The van der Waals surface area contributed by atoms with Crippen LogP contribution in [0.5, 0.6) is 5.75 Å². The molecule has 0 aromatic heterocycles. The van der Waals surface area contributed by atoms with E-state index in [1.54, 1.807) is 6.26 Å². The second-order valence-electron chi connectivity index (χ2n) is 3.86. The van der Waals surface area contributed by atoms with Crippen molar-refractivity contribution in [3.8, 4) is 5.75 Å². The van der Waals surface area contributed by atoms with Crippen molar-refractivity contribution in [2.75, 3.05) is 12.5 Å². The third kappa shape index (κ3) is 4.96. The Morgan fingerprint density at radius 2 is 1.94 bits per heavy atom. The van der Waals surface area contributed by atoms with Crippen molar-refractivity contribution in [1.82, 2.24) is 0 Å². The molecule has 17 heavy (non-hydrogen) atoms. The summed E-state index contributed by atoms with van der Waals surface area (Å²) in [4.78, 5) is 0. The lowest BCUT2D eigenvalue weighted by Gasteiger charge is -2.09. The average Bonchev–Trinajstić information content (AvgIpc) is 2.26. The van der Waals surface area contributed by atoms with Crippen molar-refractivity contribution >= 4 is 28.6 Å². The first-order valence-corrected chi connectivity index (χ1v) is 8.17. The van der Waals surface area contributed by atoms with Gasteiger partial charge >= 0.3 is 0 Å². The second-order valence-corrected chi connectivity index (χ2v) is 6.31. The van der Waals surface area contributed by atoms with Crippen molar-refractivity contribution in [1.29, 1.82) is 0 Å². The van der Waals surface area contributed by atoms with Crippen LogP contribution in [0.25, 0.3) is 6.08 Å². The molecule has 0 bridgehead atoms. The summed E-state index contributed by atoms with van der Waals surface area (Å²) < 4.78 is 17.8. The van der Waals surface area contributed by atoms with Gasteiger partial charge in [0.25, 0.3) is 0 Å². The van der Waals surface area contributed by atoms with Gasteiger partial charge in [0, 0.05) is 6.26 Å². The van der Waals surface area contributed by atoms with E-state index < -0.39 is 10.8 Å². The highest BCUT2D eigenvalue weighted by atomic mass is 32.2. The van der Waals surface area contributed by atoms with Crippen LogP contribution in [0.4, 0.5) is 0 Å². The molecule has 0 saturated heterocycles. The van der Waals surface area contributed by atoms with E-state index in [0.29, 0.717) is 0 Å². The Hall–Kier alpha value is -0.740. The maximum absolute atomic E-state index is 11.4. The van der Waals surface area contributed by atoms with E-state index in [-0.39, 0.29) is 6.10 Å². The lowest BCUT2D eigenvalue weighted by molar-refractivity contribution is 0.242. The number of rotatable bonds is 5. The van der Waals surface area contributed by atoms with Gasteiger partial charge in [0.15, 0.2) is 0 Å². The van der Waals surface area contributed by atoms with Gasteiger partial charge in [-0.1, -0.05) is 12.1 Å². The molecule has 4 heteroatoms. The summed E-state index contributed by atoms with van der Waals surface area (Å²) in [5.41, 5.74) is 1.04. The van der Waals surface area contributed by atoms with Crippen LogP contribution in [0.15, 0.2) is 28.5 Å². The van der Waals surface area contributed by atoms with E-state index >= 15 is 0 Å². The molecule has 1 atom stereocenters. The maximum atomic E-state index is 11.4. The van der Waals surface area contributed by atoms with E-state index in [0.717, 1.165) is 15.6 Å². The minimum absolute atomic E-state index is 0.182. The van der Waals surface area contributed by atoms with Crippen molar-refractivity contribution in [2.45, 2.75) is 20.0 Å². The summed E-state index contributed by atoms with van der Waals surface area (Å²) in [5.74, 6) is 0.862. The van der Waals surface area contributed by atoms with Crippen LogP contribution < -0.4 is 4.74 Å². The molecule has 2 nitrogen and oxygen atoms in total. The lowest BCUT2D eigenvalue weighted by Crippen LogP contribution is -2.05. The van der Waals surface area contributed by atoms with E-state index in [4.69, 9.17) is 4.74 Å². The molecule has 0 amide bonds. The van der Waals surface area contributed by atoms with E-state index in [2.05, 4.69) is 0 Å². The molecular weight excluding hydrogens is 252 g/mol. The van der Waals surface area contributed by atoms with Gasteiger partial charge in [-0.15, -0.1) is 11.8 Å². The molecule has 0 N–H and O–H groups in total. The lowest BCUT2D eigenvalue weighted by atomic mass is 10.2. The Morgan fingerprint density at radius 3 is 2.35 bits per heavy atom. The van der Waals surface area contributed by atoms with Crippen LogP contribution in [-0.4, -0.2) is 22.8 Å². The minimum Gasteiger partial charge on any atom is -0.491 e. The first-order valence-electron chi connectivity index (χ1n) is 5.38. The van der Waals surface area contributed by atoms with Crippen molar-refractivity contribution < 1.29 is 8.95 Å². The van der Waals surface area contributed by atoms with Gasteiger partial charge in [-0.2, -0.15) is 0 Å². The molecule has 0 spiro atoms. The SMILES string of the molecule is CSC(=Cc1ccc(OC(C)C)cc1)S(C)=O.